The minimum Gasteiger partial charge on any atom is -0.331 e. The molecule has 0 aliphatic heterocycles. The van der Waals surface area contributed by atoms with Gasteiger partial charge < -0.3 is 5.32 Å². The molecule has 0 aliphatic rings. The van der Waals surface area contributed by atoms with Gasteiger partial charge in [-0.2, -0.15) is 0 Å². The molecule has 118 valence electrons. The summed E-state index contributed by atoms with van der Waals surface area (Å²) in [6.07, 6.45) is 0. The third kappa shape index (κ3) is 4.05. The van der Waals surface area contributed by atoms with Gasteiger partial charge in [0.25, 0.3) is 10.0 Å². The van der Waals surface area contributed by atoms with Crippen molar-refractivity contribution in [1.82, 2.24) is 15.0 Å². The quantitative estimate of drug-likeness (QED) is 0.894. The standard InChI is InChI=1S/C14H17N3O3S2/c1-9-4-6-12(7-5-9)22(19,20)17-14(18)15-8-13-16-10(2)11(3)21-13/h4-7H,8H2,1-3H3,(H2,15,17,18). The molecule has 0 aliphatic carbocycles. The molecule has 2 aromatic rings. The highest BCUT2D eigenvalue weighted by molar-refractivity contribution is 7.90. The minimum absolute atomic E-state index is 0.0502. The van der Waals surface area contributed by atoms with Gasteiger partial charge in [0.2, 0.25) is 0 Å². The Labute approximate surface area is 133 Å². The molecule has 0 atom stereocenters. The number of nitrogens with one attached hydrogen (secondary N) is 2. The second-order valence-corrected chi connectivity index (χ2v) is 7.82. The van der Waals surface area contributed by atoms with Crippen LogP contribution in [0.1, 0.15) is 21.1 Å². The van der Waals surface area contributed by atoms with Gasteiger partial charge in [-0.15, -0.1) is 11.3 Å². The highest BCUT2D eigenvalue weighted by atomic mass is 32.2. The normalized spacial score (nSPS) is 11.2. The first-order valence-corrected chi connectivity index (χ1v) is 8.88. The molecule has 0 saturated carbocycles. The second kappa shape index (κ2) is 6.45. The zero-order valence-corrected chi connectivity index (χ0v) is 14.1. The Morgan fingerprint density at radius 2 is 1.82 bits per heavy atom. The van der Waals surface area contributed by atoms with Crippen LogP contribution in [0.4, 0.5) is 4.79 Å². The number of amides is 2. The van der Waals surface area contributed by atoms with E-state index >= 15 is 0 Å². The van der Waals surface area contributed by atoms with E-state index in [-0.39, 0.29) is 11.4 Å². The lowest BCUT2D eigenvalue weighted by Gasteiger charge is -2.08. The molecule has 1 heterocycles. The monoisotopic (exact) mass is 339 g/mol. The van der Waals surface area contributed by atoms with E-state index in [1.165, 1.54) is 23.5 Å². The zero-order chi connectivity index (χ0) is 16.3. The fourth-order valence-corrected chi connectivity index (χ4v) is 3.51. The van der Waals surface area contributed by atoms with Crippen LogP contribution in [0.3, 0.4) is 0 Å². The van der Waals surface area contributed by atoms with E-state index in [1.54, 1.807) is 12.1 Å². The van der Waals surface area contributed by atoms with Gasteiger partial charge in [-0.1, -0.05) is 17.7 Å². The number of nitrogens with zero attached hydrogens (tertiary/aromatic N) is 1. The molecule has 0 unspecified atom stereocenters. The average molecular weight is 339 g/mol. The first kappa shape index (κ1) is 16.4. The van der Waals surface area contributed by atoms with E-state index in [1.807, 2.05) is 25.5 Å². The largest absolute Gasteiger partial charge is 0.331 e. The van der Waals surface area contributed by atoms with Gasteiger partial charge in [-0.05, 0) is 32.9 Å². The summed E-state index contributed by atoms with van der Waals surface area (Å²) in [5.74, 6) is 0. The lowest BCUT2D eigenvalue weighted by Crippen LogP contribution is -2.39. The molecule has 2 rings (SSSR count). The van der Waals surface area contributed by atoms with E-state index in [4.69, 9.17) is 0 Å². The van der Waals surface area contributed by atoms with Crippen molar-refractivity contribution in [2.45, 2.75) is 32.2 Å². The van der Waals surface area contributed by atoms with E-state index < -0.39 is 16.1 Å². The van der Waals surface area contributed by atoms with Gasteiger partial charge >= 0.3 is 6.03 Å². The van der Waals surface area contributed by atoms with Crippen molar-refractivity contribution in [3.05, 3.63) is 45.4 Å². The number of hydrogen-bond acceptors (Lipinski definition) is 5. The van der Waals surface area contributed by atoms with Crippen LogP contribution < -0.4 is 10.0 Å². The Balaban J connectivity index is 1.97. The van der Waals surface area contributed by atoms with Crippen molar-refractivity contribution < 1.29 is 13.2 Å². The molecule has 22 heavy (non-hydrogen) atoms. The average Bonchev–Trinajstić information content (AvgIpc) is 2.76. The maximum Gasteiger partial charge on any atom is 0.329 e. The number of rotatable bonds is 4. The van der Waals surface area contributed by atoms with Crippen LogP contribution in [0.5, 0.6) is 0 Å². The molecule has 2 amide bonds. The fraction of sp³-hybridized carbons (Fsp3) is 0.286. The van der Waals surface area contributed by atoms with Crippen LogP contribution in [0, 0.1) is 20.8 Å². The van der Waals surface area contributed by atoms with Gasteiger partial charge in [-0.25, -0.2) is 22.9 Å². The van der Waals surface area contributed by atoms with Gasteiger partial charge in [0.1, 0.15) is 5.01 Å². The number of thiazole rings is 1. The number of benzene rings is 1. The lowest BCUT2D eigenvalue weighted by molar-refractivity contribution is 0.245. The highest BCUT2D eigenvalue weighted by Gasteiger charge is 2.17. The van der Waals surface area contributed by atoms with Gasteiger partial charge in [0, 0.05) is 4.88 Å². The SMILES string of the molecule is Cc1ccc(S(=O)(=O)NC(=O)NCc2nc(C)c(C)s2)cc1. The van der Waals surface area contributed by atoms with Crippen LogP contribution in [-0.4, -0.2) is 19.4 Å². The molecule has 0 spiro atoms. The molecule has 1 aromatic carbocycles. The smallest absolute Gasteiger partial charge is 0.329 e. The van der Waals surface area contributed by atoms with Crippen LogP contribution in [-0.2, 0) is 16.6 Å². The Bertz CT molecular complexity index is 761. The Morgan fingerprint density at radius 1 is 1.18 bits per heavy atom. The zero-order valence-electron chi connectivity index (χ0n) is 12.5. The summed E-state index contributed by atoms with van der Waals surface area (Å²) in [6.45, 7) is 5.87. The molecule has 0 fully saturated rings. The highest BCUT2D eigenvalue weighted by Crippen LogP contribution is 2.16. The third-order valence-electron chi connectivity index (χ3n) is 3.03. The molecule has 6 nitrogen and oxygen atoms in total. The van der Waals surface area contributed by atoms with Crippen molar-refractivity contribution in [1.29, 1.82) is 0 Å². The summed E-state index contributed by atoms with van der Waals surface area (Å²) in [5.41, 5.74) is 1.85. The van der Waals surface area contributed by atoms with E-state index in [9.17, 15) is 13.2 Å². The topological polar surface area (TPSA) is 88.2 Å². The number of aryl methyl sites for hydroxylation is 3. The van der Waals surface area contributed by atoms with Gasteiger partial charge in [0.05, 0.1) is 17.1 Å². The molecule has 1 aromatic heterocycles. The van der Waals surface area contributed by atoms with Crippen molar-refractivity contribution in [3.8, 4) is 0 Å². The first-order valence-electron chi connectivity index (χ1n) is 6.58. The van der Waals surface area contributed by atoms with Crippen molar-refractivity contribution in [3.63, 3.8) is 0 Å². The van der Waals surface area contributed by atoms with Crippen LogP contribution in [0.2, 0.25) is 0 Å². The second-order valence-electron chi connectivity index (χ2n) is 4.85. The number of carbonyl (C=O) groups is 1. The molecule has 0 radical (unpaired) electrons. The number of hydrogen-bond donors (Lipinski definition) is 2. The molecule has 8 heteroatoms. The summed E-state index contributed by atoms with van der Waals surface area (Å²) in [6, 6.07) is 5.49. The molecule has 2 N–H and O–H groups in total. The van der Waals surface area contributed by atoms with Gasteiger partial charge in [0.15, 0.2) is 0 Å². The molecule has 0 bridgehead atoms. The summed E-state index contributed by atoms with van der Waals surface area (Å²) in [4.78, 5) is 17.1. The van der Waals surface area contributed by atoms with E-state index in [0.29, 0.717) is 0 Å². The molecular weight excluding hydrogens is 322 g/mol. The fourth-order valence-electron chi connectivity index (χ4n) is 1.71. The van der Waals surface area contributed by atoms with Crippen molar-refractivity contribution >= 4 is 27.4 Å². The summed E-state index contributed by atoms with van der Waals surface area (Å²) >= 11 is 1.47. The number of sulfonamides is 1. The summed E-state index contributed by atoms with van der Waals surface area (Å²) in [5, 5.41) is 3.23. The number of aromatic nitrogens is 1. The molecule has 0 saturated heterocycles. The summed E-state index contributed by atoms with van der Waals surface area (Å²) < 4.78 is 26.1. The maximum absolute atomic E-state index is 12.0. The molecular formula is C14H17N3O3S2. The predicted octanol–water partition coefficient (Wildman–Crippen LogP) is 2.26. The van der Waals surface area contributed by atoms with E-state index in [0.717, 1.165) is 21.1 Å². The van der Waals surface area contributed by atoms with Crippen molar-refractivity contribution in [2.75, 3.05) is 0 Å². The summed E-state index contributed by atoms with van der Waals surface area (Å²) in [7, 11) is -3.86. The van der Waals surface area contributed by atoms with E-state index in [2.05, 4.69) is 10.3 Å². The number of urea groups is 1. The minimum atomic E-state index is -3.86. The van der Waals surface area contributed by atoms with Crippen LogP contribution >= 0.6 is 11.3 Å². The van der Waals surface area contributed by atoms with Gasteiger partial charge in [-0.3, -0.25) is 0 Å². The van der Waals surface area contributed by atoms with Crippen molar-refractivity contribution in [2.24, 2.45) is 0 Å². The maximum atomic E-state index is 12.0. The first-order chi connectivity index (χ1) is 10.3. The Kier molecular flexibility index (Phi) is 4.82. The lowest BCUT2D eigenvalue weighted by atomic mass is 10.2. The predicted molar refractivity (Wildman–Crippen MR) is 85.3 cm³/mol. The third-order valence-corrected chi connectivity index (χ3v) is 5.45. The Morgan fingerprint density at radius 3 is 2.36 bits per heavy atom. The van der Waals surface area contributed by atoms with Crippen LogP contribution in [0.25, 0.3) is 0 Å². The Hall–Kier alpha value is -1.93. The van der Waals surface area contributed by atoms with Crippen LogP contribution in [0.15, 0.2) is 29.2 Å². The number of carbonyl (C=O) groups excluding carboxylic acids is 1.